The highest BCUT2D eigenvalue weighted by atomic mass is 19.1. The van der Waals surface area contributed by atoms with Crippen molar-refractivity contribution in [1.82, 2.24) is 20.2 Å². The Morgan fingerprint density at radius 2 is 1.91 bits per heavy atom. The third kappa shape index (κ3) is 4.87. The molecule has 1 aliphatic carbocycles. The molecule has 3 heterocycles. The van der Waals surface area contributed by atoms with Crippen molar-refractivity contribution >= 4 is 17.7 Å². The van der Waals surface area contributed by atoms with Crippen molar-refractivity contribution in [2.45, 2.75) is 64.3 Å². The number of halogens is 1. The Kier molecular flexibility index (Phi) is 6.94. The molecule has 1 saturated heterocycles. The summed E-state index contributed by atoms with van der Waals surface area (Å²) in [6, 6.07) is 5.00. The molecule has 1 aromatic carbocycles. The van der Waals surface area contributed by atoms with Crippen molar-refractivity contribution in [3.63, 3.8) is 0 Å². The summed E-state index contributed by atoms with van der Waals surface area (Å²) in [6.45, 7) is 6.54. The zero-order valence-corrected chi connectivity index (χ0v) is 20.1. The van der Waals surface area contributed by atoms with Crippen LogP contribution in [-0.2, 0) is 0 Å². The molecule has 2 aliphatic heterocycles. The lowest BCUT2D eigenvalue weighted by molar-refractivity contribution is 0.0944. The van der Waals surface area contributed by atoms with Crippen LogP contribution in [0.5, 0.6) is 0 Å². The summed E-state index contributed by atoms with van der Waals surface area (Å²) in [7, 11) is 0. The van der Waals surface area contributed by atoms with Gasteiger partial charge in [-0.2, -0.15) is 4.98 Å². The van der Waals surface area contributed by atoms with Gasteiger partial charge in [0.05, 0.1) is 12.4 Å². The average Bonchev–Trinajstić information content (AvgIpc) is 3.36. The first kappa shape index (κ1) is 23.0. The van der Waals surface area contributed by atoms with Crippen LogP contribution in [0.15, 0.2) is 18.2 Å². The molecular weight excluding hydrogens is 431 g/mol. The minimum atomic E-state index is -0.294. The van der Waals surface area contributed by atoms with E-state index in [1.165, 1.54) is 57.3 Å². The third-order valence-corrected chi connectivity index (χ3v) is 7.39. The largest absolute Gasteiger partial charge is 0.354 e. The molecule has 7 nitrogen and oxygen atoms in total. The highest BCUT2D eigenvalue weighted by Gasteiger charge is 2.34. The maximum Gasteiger partial charge on any atom is 0.258 e. The molecule has 0 radical (unpaired) electrons. The average molecular weight is 467 g/mol. The number of benzene rings is 1. The van der Waals surface area contributed by atoms with Crippen molar-refractivity contribution < 1.29 is 9.18 Å². The van der Waals surface area contributed by atoms with E-state index in [4.69, 9.17) is 9.97 Å². The fourth-order valence-corrected chi connectivity index (χ4v) is 5.56. The van der Waals surface area contributed by atoms with Gasteiger partial charge in [0.25, 0.3) is 5.91 Å². The number of amides is 1. The van der Waals surface area contributed by atoms with E-state index >= 15 is 0 Å². The molecule has 2 N–H and O–H groups in total. The van der Waals surface area contributed by atoms with E-state index in [0.29, 0.717) is 35.7 Å². The number of nitrogens with one attached hydrogen (secondary N) is 2. The number of likely N-dealkylation sites (tertiary alicyclic amines) is 1. The molecule has 0 spiro atoms. The normalized spacial score (nSPS) is 19.2. The van der Waals surface area contributed by atoms with Gasteiger partial charge >= 0.3 is 0 Å². The Morgan fingerprint density at radius 1 is 1.12 bits per heavy atom. The fourth-order valence-electron chi connectivity index (χ4n) is 5.56. The Labute approximate surface area is 201 Å². The number of hydrogen-bond donors (Lipinski definition) is 2. The summed E-state index contributed by atoms with van der Waals surface area (Å²) < 4.78 is 13.9. The number of rotatable bonds is 7. The van der Waals surface area contributed by atoms with Crippen molar-refractivity contribution in [2.24, 2.45) is 0 Å². The number of fused-ring (bicyclic) bond motifs is 1. The highest BCUT2D eigenvalue weighted by molar-refractivity contribution is 6.06. The van der Waals surface area contributed by atoms with Gasteiger partial charge < -0.3 is 20.4 Å². The van der Waals surface area contributed by atoms with Gasteiger partial charge in [-0.05, 0) is 82.4 Å². The zero-order valence-electron chi connectivity index (χ0n) is 20.1. The van der Waals surface area contributed by atoms with Crippen LogP contribution in [0.25, 0.3) is 11.3 Å². The second kappa shape index (κ2) is 10.3. The molecule has 2 aromatic rings. The van der Waals surface area contributed by atoms with Crippen LogP contribution in [-0.4, -0.2) is 59.7 Å². The molecule has 0 atom stereocenters. The van der Waals surface area contributed by atoms with Gasteiger partial charge in [-0.3, -0.25) is 4.79 Å². The molecular formula is C26H35FN6O. The van der Waals surface area contributed by atoms with E-state index in [1.807, 2.05) is 6.92 Å². The van der Waals surface area contributed by atoms with E-state index in [1.54, 1.807) is 6.07 Å². The summed E-state index contributed by atoms with van der Waals surface area (Å²) >= 11 is 0. The van der Waals surface area contributed by atoms with Gasteiger partial charge in [0.1, 0.15) is 17.2 Å². The van der Waals surface area contributed by atoms with Crippen LogP contribution in [0.3, 0.4) is 0 Å². The second-order valence-electron chi connectivity index (χ2n) is 9.81. The second-order valence-corrected chi connectivity index (χ2v) is 9.81. The first-order valence-corrected chi connectivity index (χ1v) is 12.8. The van der Waals surface area contributed by atoms with E-state index in [2.05, 4.69) is 20.4 Å². The van der Waals surface area contributed by atoms with Crippen LogP contribution >= 0.6 is 0 Å². The molecule has 2 fully saturated rings. The van der Waals surface area contributed by atoms with E-state index in [9.17, 15) is 9.18 Å². The molecule has 8 heteroatoms. The molecule has 34 heavy (non-hydrogen) atoms. The van der Waals surface area contributed by atoms with Crippen LogP contribution in [0, 0.1) is 12.7 Å². The Hall–Kier alpha value is -2.74. The molecule has 5 rings (SSSR count). The Morgan fingerprint density at radius 3 is 2.68 bits per heavy atom. The summed E-state index contributed by atoms with van der Waals surface area (Å²) in [5, 5.41) is 6.45. The van der Waals surface area contributed by atoms with Gasteiger partial charge in [-0.15, -0.1) is 0 Å². The standard InChI is InChI=1S/C26H35FN6O/c1-18-16-19(27)10-11-21(18)23-22-24(33(17-29-25(22)34)20-8-3-2-4-9-20)31-26(30-23)28-12-7-15-32-13-5-6-14-32/h10-11,16,20H,2-9,12-15,17H2,1H3,(H,29,34)(H,28,30,31). The fraction of sp³-hybridized carbons (Fsp3) is 0.577. The Balaban J connectivity index is 1.48. The lowest BCUT2D eigenvalue weighted by Crippen LogP contribution is -2.50. The molecule has 182 valence electrons. The van der Waals surface area contributed by atoms with Crippen LogP contribution in [0.1, 0.15) is 67.3 Å². The van der Waals surface area contributed by atoms with E-state index < -0.39 is 0 Å². The van der Waals surface area contributed by atoms with Crippen LogP contribution < -0.4 is 15.5 Å². The van der Waals surface area contributed by atoms with Crippen LogP contribution in [0.2, 0.25) is 0 Å². The van der Waals surface area contributed by atoms with Gasteiger partial charge in [-0.25, -0.2) is 9.37 Å². The smallest absolute Gasteiger partial charge is 0.258 e. The summed E-state index contributed by atoms with van der Waals surface area (Å²) in [5.41, 5.74) is 2.58. The maximum absolute atomic E-state index is 13.9. The van der Waals surface area contributed by atoms with Crippen molar-refractivity contribution in [3.05, 3.63) is 35.1 Å². The van der Waals surface area contributed by atoms with E-state index in [0.717, 1.165) is 43.5 Å². The minimum Gasteiger partial charge on any atom is -0.354 e. The molecule has 0 unspecified atom stereocenters. The first-order valence-electron chi connectivity index (χ1n) is 12.8. The number of anilines is 2. The number of carbonyl (C=O) groups is 1. The van der Waals surface area contributed by atoms with Crippen molar-refractivity contribution in [2.75, 3.05) is 43.1 Å². The monoisotopic (exact) mass is 466 g/mol. The third-order valence-electron chi connectivity index (χ3n) is 7.39. The highest BCUT2D eigenvalue weighted by Crippen LogP contribution is 2.36. The lowest BCUT2D eigenvalue weighted by atomic mass is 9.93. The van der Waals surface area contributed by atoms with Crippen LogP contribution in [0.4, 0.5) is 16.2 Å². The molecule has 0 bridgehead atoms. The van der Waals surface area contributed by atoms with E-state index in [-0.39, 0.29) is 11.7 Å². The topological polar surface area (TPSA) is 73.4 Å². The number of hydrogen-bond acceptors (Lipinski definition) is 6. The minimum absolute atomic E-state index is 0.165. The lowest BCUT2D eigenvalue weighted by Gasteiger charge is -2.39. The van der Waals surface area contributed by atoms with Gasteiger partial charge in [0, 0.05) is 18.2 Å². The molecule has 3 aliphatic rings. The van der Waals surface area contributed by atoms with Crippen molar-refractivity contribution in [3.8, 4) is 11.3 Å². The Bertz CT molecular complexity index is 1030. The van der Waals surface area contributed by atoms with Gasteiger partial charge in [0.15, 0.2) is 0 Å². The quantitative estimate of drug-likeness (QED) is 0.592. The number of aromatic nitrogens is 2. The molecule has 1 amide bonds. The summed E-state index contributed by atoms with van der Waals surface area (Å²) in [6.07, 6.45) is 9.45. The zero-order chi connectivity index (χ0) is 23.5. The van der Waals surface area contributed by atoms with Crippen molar-refractivity contribution in [1.29, 1.82) is 0 Å². The number of aryl methyl sites for hydroxylation is 1. The molecule has 1 aromatic heterocycles. The summed E-state index contributed by atoms with van der Waals surface area (Å²) in [5.74, 6) is 0.778. The first-order chi connectivity index (χ1) is 16.6. The number of nitrogens with zero attached hydrogens (tertiary/aromatic N) is 4. The molecule has 1 saturated carbocycles. The number of carbonyl (C=O) groups excluding carboxylic acids is 1. The summed E-state index contributed by atoms with van der Waals surface area (Å²) in [4.78, 5) is 27.5. The predicted molar refractivity (Wildman–Crippen MR) is 133 cm³/mol. The predicted octanol–water partition coefficient (Wildman–Crippen LogP) is 4.33. The SMILES string of the molecule is Cc1cc(F)ccc1-c1nc(NCCCN2CCCC2)nc2c1C(=O)NCN2C1CCCCC1. The van der Waals surface area contributed by atoms with Gasteiger partial charge in [-0.1, -0.05) is 19.3 Å². The maximum atomic E-state index is 13.9. The van der Waals surface area contributed by atoms with Gasteiger partial charge in [0.2, 0.25) is 5.95 Å².